The molecule has 0 unspecified atom stereocenters. The molecule has 0 saturated heterocycles. The fourth-order valence-corrected chi connectivity index (χ4v) is 4.81. The number of unbranched alkanes of at least 4 members (excludes halogenated alkanes) is 1. The Bertz CT molecular complexity index is 1660. The van der Waals surface area contributed by atoms with Gasteiger partial charge in [-0.05, 0) is 84.1 Å². The van der Waals surface area contributed by atoms with Crippen LogP contribution >= 0.6 is 11.6 Å². The van der Waals surface area contributed by atoms with E-state index in [0.29, 0.717) is 41.1 Å². The minimum absolute atomic E-state index is 0.0478. The summed E-state index contributed by atoms with van der Waals surface area (Å²) in [5.74, 6) is -1.85. The Morgan fingerprint density at radius 3 is 2.45 bits per heavy atom. The third kappa shape index (κ3) is 9.34. The minimum atomic E-state index is -0.904. The van der Waals surface area contributed by atoms with E-state index in [1.165, 1.54) is 36.1 Å². The van der Waals surface area contributed by atoms with Gasteiger partial charge >= 0.3 is 0 Å². The second-order valence-corrected chi connectivity index (χ2v) is 10.8. The maximum atomic E-state index is 14.9. The zero-order chi connectivity index (χ0) is 31.5. The molecule has 44 heavy (non-hydrogen) atoms. The zero-order valence-corrected chi connectivity index (χ0v) is 24.8. The fraction of sp³-hybridized carbons (Fsp3) is 0.242. The number of halogens is 2. The number of tetrazole rings is 1. The summed E-state index contributed by atoms with van der Waals surface area (Å²) in [7, 11) is 0. The smallest absolute Gasteiger partial charge is 0.244 e. The maximum absolute atomic E-state index is 14.9. The molecule has 1 amide bonds. The Hall–Kier alpha value is -4.83. The second kappa shape index (κ2) is 15.6. The van der Waals surface area contributed by atoms with Crippen LogP contribution in [0.4, 0.5) is 4.39 Å². The van der Waals surface area contributed by atoms with E-state index >= 15 is 0 Å². The van der Waals surface area contributed by atoms with Crippen molar-refractivity contribution >= 4 is 40.9 Å². The average molecular weight is 616 g/mol. The Labute approximate surface area is 259 Å². The van der Waals surface area contributed by atoms with Gasteiger partial charge in [-0.2, -0.15) is 4.68 Å². The van der Waals surface area contributed by atoms with E-state index in [9.17, 15) is 23.6 Å². The summed E-state index contributed by atoms with van der Waals surface area (Å²) in [6.07, 6.45) is 5.91. The number of rotatable bonds is 15. The number of nitrogens with one attached hydrogen (secondary N) is 1. The summed E-state index contributed by atoms with van der Waals surface area (Å²) in [4.78, 5) is 50.0. The minimum Gasteiger partial charge on any atom is -0.342 e. The number of nitrogens with zero attached hydrogens (tertiary/aromatic N) is 4. The molecule has 11 heteroatoms. The van der Waals surface area contributed by atoms with E-state index in [-0.39, 0.29) is 42.2 Å². The third-order valence-corrected chi connectivity index (χ3v) is 7.12. The van der Waals surface area contributed by atoms with E-state index in [1.807, 2.05) is 30.3 Å². The lowest BCUT2D eigenvalue weighted by Gasteiger charge is -2.17. The van der Waals surface area contributed by atoms with Gasteiger partial charge in [0.25, 0.3) is 0 Å². The molecule has 9 nitrogen and oxygen atoms in total. The molecule has 4 aromatic rings. The molecule has 1 heterocycles. The lowest BCUT2D eigenvalue weighted by molar-refractivity contribution is -0.125. The molecule has 0 bridgehead atoms. The van der Waals surface area contributed by atoms with E-state index in [0.717, 1.165) is 5.56 Å². The first kappa shape index (κ1) is 32.1. The molecule has 1 aromatic heterocycles. The number of Topliss-reactive ketones (excluding diaryl/α,β-unsaturated/α-hetero) is 3. The van der Waals surface area contributed by atoms with Gasteiger partial charge in [-0.15, -0.1) is 5.10 Å². The van der Waals surface area contributed by atoms with E-state index in [2.05, 4.69) is 20.8 Å². The van der Waals surface area contributed by atoms with Gasteiger partial charge in [0, 0.05) is 35.9 Å². The van der Waals surface area contributed by atoms with Crippen molar-refractivity contribution in [3.63, 3.8) is 0 Å². The Morgan fingerprint density at radius 1 is 0.977 bits per heavy atom. The molecule has 4 rings (SSSR count). The summed E-state index contributed by atoms with van der Waals surface area (Å²) in [6.45, 7) is 1.49. The summed E-state index contributed by atoms with van der Waals surface area (Å²) < 4.78 is 16.3. The van der Waals surface area contributed by atoms with Crippen LogP contribution in [-0.4, -0.2) is 49.5 Å². The molecular weight excluding hydrogens is 585 g/mol. The predicted octanol–water partition coefficient (Wildman–Crippen LogP) is 5.34. The highest BCUT2D eigenvalue weighted by atomic mass is 35.5. The number of benzene rings is 3. The van der Waals surface area contributed by atoms with Crippen LogP contribution in [0.25, 0.3) is 11.8 Å². The van der Waals surface area contributed by atoms with E-state index < -0.39 is 17.8 Å². The monoisotopic (exact) mass is 615 g/mol. The fourth-order valence-electron chi connectivity index (χ4n) is 4.63. The predicted molar refractivity (Wildman–Crippen MR) is 164 cm³/mol. The number of hydrogen-bond acceptors (Lipinski definition) is 7. The molecule has 0 spiro atoms. The molecule has 0 fully saturated rings. The number of carbonyl (C=O) groups excluding carboxylic acids is 4. The molecule has 1 N–H and O–H groups in total. The van der Waals surface area contributed by atoms with Crippen molar-refractivity contribution in [2.75, 3.05) is 0 Å². The number of amides is 1. The molecular formula is C33H31ClFN5O4. The van der Waals surface area contributed by atoms with Gasteiger partial charge in [0.2, 0.25) is 5.91 Å². The SMILES string of the molecule is CC(=O)CCCCC(=O)c1ccc(CC(=O)[C@H](Cc2ccccc2)NC(=O)/C=C/c2cc(Cl)ccc2-n2cnnn2)cc1F. The van der Waals surface area contributed by atoms with Crippen LogP contribution in [0.3, 0.4) is 0 Å². The topological polar surface area (TPSA) is 124 Å². The number of aromatic nitrogens is 4. The molecule has 3 aromatic carbocycles. The molecule has 1 atom stereocenters. The standard InChI is InChI=1S/C33H31ClFN5O4/c1-22(41)7-5-6-10-31(42)27-14-11-24(17-28(27)35)19-32(43)29(18-23-8-3-2-4-9-23)37-33(44)16-12-25-20-26(34)13-15-30(25)40-21-36-38-39-40/h2-4,8-9,11-17,20-21,29H,5-7,10,18-19H2,1H3,(H,37,44)/b16-12+/t29-/m0/s1. The number of ketones is 3. The summed E-state index contributed by atoms with van der Waals surface area (Å²) in [5, 5.41) is 14.4. The van der Waals surface area contributed by atoms with Gasteiger partial charge < -0.3 is 10.1 Å². The van der Waals surface area contributed by atoms with Crippen molar-refractivity contribution in [1.82, 2.24) is 25.5 Å². The van der Waals surface area contributed by atoms with Crippen LogP contribution in [-0.2, 0) is 27.2 Å². The largest absolute Gasteiger partial charge is 0.342 e. The van der Waals surface area contributed by atoms with Gasteiger partial charge in [0.05, 0.1) is 17.3 Å². The quantitative estimate of drug-likeness (QED) is 0.109. The first-order valence-corrected chi connectivity index (χ1v) is 14.5. The van der Waals surface area contributed by atoms with Crippen LogP contribution in [0.1, 0.15) is 59.7 Å². The van der Waals surface area contributed by atoms with Gasteiger partial charge in [-0.1, -0.05) is 48.0 Å². The van der Waals surface area contributed by atoms with E-state index in [4.69, 9.17) is 11.6 Å². The van der Waals surface area contributed by atoms with Gasteiger partial charge in [-0.3, -0.25) is 14.4 Å². The van der Waals surface area contributed by atoms with Crippen LogP contribution in [0.2, 0.25) is 5.02 Å². The van der Waals surface area contributed by atoms with E-state index in [1.54, 1.807) is 30.3 Å². The van der Waals surface area contributed by atoms with Gasteiger partial charge in [0.1, 0.15) is 17.9 Å². The lowest BCUT2D eigenvalue weighted by Crippen LogP contribution is -2.42. The molecule has 0 aliphatic heterocycles. The van der Waals surface area contributed by atoms with Crippen LogP contribution in [0.5, 0.6) is 0 Å². The second-order valence-electron chi connectivity index (χ2n) is 10.3. The normalized spacial score (nSPS) is 11.8. The zero-order valence-electron chi connectivity index (χ0n) is 24.1. The van der Waals surface area contributed by atoms with Crippen molar-refractivity contribution < 1.29 is 23.6 Å². The summed E-state index contributed by atoms with van der Waals surface area (Å²) in [6, 6.07) is 17.5. The summed E-state index contributed by atoms with van der Waals surface area (Å²) >= 11 is 6.17. The highest BCUT2D eigenvalue weighted by Gasteiger charge is 2.22. The number of hydrogen-bond donors (Lipinski definition) is 1. The molecule has 226 valence electrons. The van der Waals surface area contributed by atoms with Gasteiger partial charge in [-0.25, -0.2) is 4.39 Å². The highest BCUT2D eigenvalue weighted by Crippen LogP contribution is 2.21. The van der Waals surface area contributed by atoms with Gasteiger partial charge in [0.15, 0.2) is 11.6 Å². The van der Waals surface area contributed by atoms with Crippen LogP contribution in [0, 0.1) is 5.82 Å². The first-order chi connectivity index (χ1) is 21.2. The first-order valence-electron chi connectivity index (χ1n) is 14.1. The lowest BCUT2D eigenvalue weighted by atomic mass is 9.96. The van der Waals surface area contributed by atoms with Crippen molar-refractivity contribution in [3.8, 4) is 5.69 Å². The number of carbonyl (C=O) groups is 4. The van der Waals surface area contributed by atoms with Crippen LogP contribution < -0.4 is 5.32 Å². The average Bonchev–Trinajstić information content (AvgIpc) is 3.53. The molecule has 0 aliphatic rings. The Morgan fingerprint density at radius 2 is 1.75 bits per heavy atom. The molecule has 0 aliphatic carbocycles. The molecule has 0 radical (unpaired) electrons. The highest BCUT2D eigenvalue weighted by molar-refractivity contribution is 6.30. The maximum Gasteiger partial charge on any atom is 0.244 e. The Kier molecular flexibility index (Phi) is 11.4. The Balaban J connectivity index is 1.46. The van der Waals surface area contributed by atoms with Crippen molar-refractivity contribution in [3.05, 3.63) is 112 Å². The van der Waals surface area contributed by atoms with Crippen molar-refractivity contribution in [2.24, 2.45) is 0 Å². The van der Waals surface area contributed by atoms with Crippen LogP contribution in [0.15, 0.2) is 79.1 Å². The van der Waals surface area contributed by atoms with Crippen molar-refractivity contribution in [2.45, 2.75) is 51.5 Å². The summed E-state index contributed by atoms with van der Waals surface area (Å²) in [5.41, 5.74) is 2.34. The third-order valence-electron chi connectivity index (χ3n) is 6.88. The van der Waals surface area contributed by atoms with Crippen molar-refractivity contribution in [1.29, 1.82) is 0 Å². The molecule has 0 saturated carbocycles.